The molecule has 3 aromatic carbocycles. The molecular weight excluding hydrogens is 839 g/mol. The van der Waals surface area contributed by atoms with Crippen LogP contribution in [0, 0.1) is 13.8 Å². The van der Waals surface area contributed by atoms with E-state index in [1.807, 2.05) is 78.9 Å². The van der Waals surface area contributed by atoms with Gasteiger partial charge in [0.2, 0.25) is 0 Å². The van der Waals surface area contributed by atoms with Crippen LogP contribution in [-0.2, 0) is 43.0 Å². The Morgan fingerprint density at radius 1 is 0.714 bits per heavy atom. The predicted octanol–water partition coefficient (Wildman–Crippen LogP) is 4.46. The Morgan fingerprint density at radius 3 is 1.65 bits per heavy atom. The Kier molecular flexibility index (Phi) is 13.5. The first-order valence-electron chi connectivity index (χ1n) is 20.1. The molecule has 0 bridgehead atoms. The Bertz CT molecular complexity index is 2650. The monoisotopic (exact) mass is 888 g/mol. The van der Waals surface area contributed by atoms with Crippen LogP contribution in [0.1, 0.15) is 60.0 Å². The number of methoxy groups -OCH3 is 2. The zero-order chi connectivity index (χ0) is 45.1. The maximum atomic E-state index is 14.3. The Hall–Kier alpha value is -5.88. The molecule has 5 aromatic rings. The summed E-state index contributed by atoms with van der Waals surface area (Å²) >= 11 is 0. The first-order chi connectivity index (χ1) is 30.1. The molecule has 2 saturated heterocycles. The quantitative estimate of drug-likeness (QED) is 0.0795. The number of benzene rings is 3. The zero-order valence-electron chi connectivity index (χ0n) is 35.5. The maximum Gasteiger partial charge on any atom is 0.330 e. The van der Waals surface area contributed by atoms with Gasteiger partial charge in [-0.25, -0.2) is 9.59 Å². The van der Waals surface area contributed by atoms with E-state index in [9.17, 15) is 28.5 Å². The van der Waals surface area contributed by atoms with Crippen molar-refractivity contribution < 1.29 is 46.8 Å². The van der Waals surface area contributed by atoms with E-state index in [0.29, 0.717) is 11.5 Å². The van der Waals surface area contributed by atoms with Gasteiger partial charge in [0.25, 0.3) is 11.1 Å². The normalized spacial score (nSPS) is 22.1. The van der Waals surface area contributed by atoms with Crippen molar-refractivity contribution in [3.8, 4) is 11.5 Å². The first kappa shape index (κ1) is 45.2. The molecule has 2 aliphatic rings. The molecule has 63 heavy (non-hydrogen) atoms. The van der Waals surface area contributed by atoms with E-state index in [2.05, 4.69) is 9.97 Å². The highest BCUT2D eigenvalue weighted by atomic mass is 31.2. The summed E-state index contributed by atoms with van der Waals surface area (Å²) in [6, 6.07) is 24.4. The molecule has 4 heterocycles. The molecule has 2 N–H and O–H groups in total. The van der Waals surface area contributed by atoms with E-state index in [0.717, 1.165) is 16.7 Å². The molecule has 2 aliphatic heterocycles. The lowest BCUT2D eigenvalue weighted by Crippen LogP contribution is -2.38. The lowest BCUT2D eigenvalue weighted by atomic mass is 9.80. The van der Waals surface area contributed by atoms with Crippen LogP contribution in [0.3, 0.4) is 0 Å². The van der Waals surface area contributed by atoms with Gasteiger partial charge in [-0.15, -0.1) is 0 Å². The van der Waals surface area contributed by atoms with Crippen LogP contribution >= 0.6 is 7.60 Å². The highest BCUT2D eigenvalue weighted by molar-refractivity contribution is 7.53. The maximum absolute atomic E-state index is 14.3. The van der Waals surface area contributed by atoms with E-state index in [-0.39, 0.29) is 37.2 Å². The molecule has 0 saturated carbocycles. The van der Waals surface area contributed by atoms with E-state index in [1.54, 1.807) is 21.1 Å². The van der Waals surface area contributed by atoms with Crippen molar-refractivity contribution >= 4 is 13.6 Å². The van der Waals surface area contributed by atoms with Gasteiger partial charge < -0.3 is 37.5 Å². The highest BCUT2D eigenvalue weighted by Gasteiger charge is 2.46. The third-order valence-corrected chi connectivity index (χ3v) is 12.3. The van der Waals surface area contributed by atoms with Gasteiger partial charge in [-0.2, -0.15) is 0 Å². The zero-order valence-corrected chi connectivity index (χ0v) is 36.4. The number of esters is 1. The molecule has 0 aliphatic carbocycles. The molecule has 2 fully saturated rings. The minimum atomic E-state index is -4.06. The number of hydrogen-bond donors (Lipinski definition) is 2. The number of aromatic nitrogens is 4. The van der Waals surface area contributed by atoms with Crippen molar-refractivity contribution in [1.82, 2.24) is 19.1 Å². The third-order valence-electron chi connectivity index (χ3n) is 11.0. The number of nitrogens with one attached hydrogen (secondary N) is 2. The largest absolute Gasteiger partial charge is 0.497 e. The fourth-order valence-electron chi connectivity index (χ4n) is 7.86. The summed E-state index contributed by atoms with van der Waals surface area (Å²) in [6.07, 6.45) is -3.11. The SMILES string of the molecule is COc1ccc(C(OC[C@H]2O[C@@H](n3cc(C)c(=O)[nH]c3=O)C[C@@H]2OP(C)(=O)OC[C@H]2O[C@@H](n3cc(C)c(=O)[nH]c3=O)C[C@@H]2OC(C)=O)(c2ccccc2)c2ccc(OC)cc2)cc1. The molecule has 334 valence electrons. The second-order valence-electron chi connectivity index (χ2n) is 15.4. The summed E-state index contributed by atoms with van der Waals surface area (Å²) < 4.78 is 65.2. The molecule has 7 rings (SSSR count). The summed E-state index contributed by atoms with van der Waals surface area (Å²) in [5.74, 6) is 0.643. The number of hydrogen-bond acceptors (Lipinski definition) is 14. The lowest BCUT2D eigenvalue weighted by molar-refractivity contribution is -0.150. The number of carbonyl (C=O) groups excluding carboxylic acids is 1. The van der Waals surface area contributed by atoms with Crippen LogP contribution < -0.4 is 32.0 Å². The highest BCUT2D eigenvalue weighted by Crippen LogP contribution is 2.50. The molecule has 0 amide bonds. The standard InChI is InChI=1S/C44H49N4O14P/c1-26-22-47(42(52)45-40(26)50)38-20-34(59-28(3)49)37(61-38)25-58-63(6,54)62-35-21-39(48-23-27(2)41(51)46-43(48)53)60-36(35)24-57-44(29-10-8-7-9-11-29,30-12-16-32(55-4)17-13-30)31-14-18-33(56-5)19-15-31/h7-19,22-23,34-39H,20-21,24-25H2,1-6H3,(H,45,50,52)(H,46,51,53)/t34-,35-,36+,37+,38+,39+,63?/m0/s1. The van der Waals surface area contributed by atoms with Crippen molar-refractivity contribution in [2.24, 2.45) is 0 Å². The minimum Gasteiger partial charge on any atom is -0.497 e. The summed E-state index contributed by atoms with van der Waals surface area (Å²) in [5.41, 5.74) is -1.06. The first-order valence-corrected chi connectivity index (χ1v) is 22.1. The van der Waals surface area contributed by atoms with E-state index in [4.69, 9.17) is 37.5 Å². The van der Waals surface area contributed by atoms with Crippen molar-refractivity contribution in [2.45, 2.75) is 76.1 Å². The molecule has 0 radical (unpaired) electrons. The number of rotatable bonds is 16. The number of carbonyl (C=O) groups is 1. The molecule has 0 spiro atoms. The summed E-state index contributed by atoms with van der Waals surface area (Å²) in [7, 11) is -0.905. The Balaban J connectivity index is 1.20. The Labute approximate surface area is 361 Å². The molecule has 18 nitrogen and oxygen atoms in total. The van der Waals surface area contributed by atoms with Crippen molar-refractivity contribution in [1.29, 1.82) is 0 Å². The molecule has 1 unspecified atom stereocenters. The van der Waals surface area contributed by atoms with Gasteiger partial charge in [0.15, 0.2) is 0 Å². The van der Waals surface area contributed by atoms with Crippen molar-refractivity contribution in [3.63, 3.8) is 0 Å². The number of aromatic amines is 2. The minimum absolute atomic E-state index is 0.0173. The number of ether oxygens (including phenoxy) is 6. The Morgan fingerprint density at radius 2 is 1.17 bits per heavy atom. The summed E-state index contributed by atoms with van der Waals surface area (Å²) in [5, 5.41) is 0. The number of aryl methyl sites for hydroxylation is 2. The van der Waals surface area contributed by atoms with E-state index in [1.165, 1.54) is 42.0 Å². The van der Waals surface area contributed by atoms with Gasteiger partial charge in [-0.05, 0) is 54.8 Å². The van der Waals surface area contributed by atoms with Gasteiger partial charge >= 0.3 is 24.9 Å². The summed E-state index contributed by atoms with van der Waals surface area (Å²) in [4.78, 5) is 66.9. The molecule has 19 heteroatoms. The molecule has 2 aromatic heterocycles. The third kappa shape index (κ3) is 9.86. The average Bonchev–Trinajstić information content (AvgIpc) is 3.86. The van der Waals surface area contributed by atoms with Crippen LogP contribution in [0.2, 0.25) is 0 Å². The van der Waals surface area contributed by atoms with Crippen LogP contribution in [-0.4, -0.2) is 83.6 Å². The number of nitrogens with zero attached hydrogens (tertiary/aromatic N) is 2. The van der Waals surface area contributed by atoms with Crippen LogP contribution in [0.5, 0.6) is 11.5 Å². The van der Waals surface area contributed by atoms with Crippen LogP contribution in [0.15, 0.2) is 110 Å². The summed E-state index contributed by atoms with van der Waals surface area (Å²) in [6.45, 7) is 5.00. The van der Waals surface area contributed by atoms with E-state index >= 15 is 0 Å². The average molecular weight is 889 g/mol. The van der Waals surface area contributed by atoms with Crippen LogP contribution in [0.25, 0.3) is 0 Å². The van der Waals surface area contributed by atoms with Gasteiger partial charge in [-0.3, -0.25) is 38.1 Å². The fourth-order valence-corrected chi connectivity index (χ4v) is 9.05. The van der Waals surface area contributed by atoms with Gasteiger partial charge in [-0.1, -0.05) is 54.6 Å². The smallest absolute Gasteiger partial charge is 0.330 e. The van der Waals surface area contributed by atoms with Gasteiger partial charge in [0.05, 0.1) is 33.5 Å². The van der Waals surface area contributed by atoms with Gasteiger partial charge in [0.1, 0.15) is 47.9 Å². The van der Waals surface area contributed by atoms with Gasteiger partial charge in [0, 0.05) is 50.0 Å². The van der Waals surface area contributed by atoms with E-state index < -0.39 is 78.5 Å². The number of H-pyrrole nitrogens is 2. The second-order valence-corrected chi connectivity index (χ2v) is 17.4. The molecular formula is C44H49N4O14P. The fraction of sp³-hybridized carbons (Fsp3) is 0.386. The van der Waals surface area contributed by atoms with Crippen molar-refractivity contribution in [2.75, 3.05) is 34.1 Å². The lowest BCUT2D eigenvalue weighted by Gasteiger charge is -2.37. The second kappa shape index (κ2) is 18.8. The van der Waals surface area contributed by atoms with Crippen molar-refractivity contribution in [3.05, 3.63) is 161 Å². The van der Waals surface area contributed by atoms with Crippen LogP contribution in [0.4, 0.5) is 0 Å². The topological polar surface area (TPSA) is 218 Å². The molecule has 7 atom stereocenters. The predicted molar refractivity (Wildman–Crippen MR) is 227 cm³/mol.